The normalized spacial score (nSPS) is 10.7. The third-order valence-corrected chi connectivity index (χ3v) is 4.07. The Morgan fingerprint density at radius 2 is 1.84 bits per heavy atom. The molecule has 0 radical (unpaired) electrons. The first kappa shape index (κ1) is 16.8. The Bertz CT molecular complexity index is 1000. The fourth-order valence-corrected chi connectivity index (χ4v) is 2.77. The molecule has 0 saturated carbocycles. The van der Waals surface area contributed by atoms with Crippen LogP contribution in [0.25, 0.3) is 11.0 Å². The smallest absolute Gasteiger partial charge is 0.336 e. The van der Waals surface area contributed by atoms with E-state index in [1.54, 1.807) is 32.2 Å². The summed E-state index contributed by atoms with van der Waals surface area (Å²) in [7, 11) is 1.56. The second kappa shape index (κ2) is 6.81. The molecule has 128 valence electrons. The van der Waals surface area contributed by atoms with Crippen LogP contribution in [0.15, 0.2) is 51.7 Å². The zero-order valence-corrected chi connectivity index (χ0v) is 14.3. The molecule has 5 heteroatoms. The zero-order chi connectivity index (χ0) is 18.0. The van der Waals surface area contributed by atoms with Gasteiger partial charge in [-0.05, 0) is 37.6 Å². The molecule has 1 heterocycles. The van der Waals surface area contributed by atoms with Crippen LogP contribution >= 0.6 is 0 Å². The summed E-state index contributed by atoms with van der Waals surface area (Å²) in [5.41, 5.74) is 2.20. The van der Waals surface area contributed by atoms with Gasteiger partial charge >= 0.3 is 11.6 Å². The highest BCUT2D eigenvalue weighted by molar-refractivity contribution is 5.86. The third kappa shape index (κ3) is 3.40. The second-order valence-electron chi connectivity index (χ2n) is 5.78. The number of aryl methyl sites for hydroxylation is 2. The number of hydrogen-bond acceptors (Lipinski definition) is 5. The van der Waals surface area contributed by atoms with Crippen LogP contribution in [0.4, 0.5) is 0 Å². The Morgan fingerprint density at radius 1 is 1.08 bits per heavy atom. The summed E-state index contributed by atoms with van der Waals surface area (Å²) >= 11 is 0. The van der Waals surface area contributed by atoms with Crippen LogP contribution in [0.5, 0.6) is 11.5 Å². The first-order valence-electron chi connectivity index (χ1n) is 7.86. The Kier molecular flexibility index (Phi) is 4.57. The van der Waals surface area contributed by atoms with Gasteiger partial charge in [-0.3, -0.25) is 4.79 Å². The lowest BCUT2D eigenvalue weighted by Gasteiger charge is -2.11. The zero-order valence-electron chi connectivity index (χ0n) is 14.3. The molecule has 0 spiro atoms. The van der Waals surface area contributed by atoms with Crippen molar-refractivity contribution in [3.8, 4) is 11.5 Å². The van der Waals surface area contributed by atoms with Crippen molar-refractivity contribution in [3.05, 3.63) is 69.6 Å². The number of carbonyl (C=O) groups excluding carboxylic acids is 1. The van der Waals surface area contributed by atoms with E-state index in [1.165, 1.54) is 6.07 Å². The number of ether oxygens (including phenoxy) is 2. The molecule has 0 fully saturated rings. The van der Waals surface area contributed by atoms with Gasteiger partial charge in [-0.1, -0.05) is 18.2 Å². The standard InChI is InChI=1S/C20H18O5/c1-12-10-18(21)25-20-13(2)16(9-8-15(12)20)24-19(22)11-14-6-4-5-7-17(14)23-3/h4-10H,11H2,1-3H3. The van der Waals surface area contributed by atoms with Crippen LogP contribution in [0.1, 0.15) is 16.7 Å². The van der Waals surface area contributed by atoms with Gasteiger partial charge in [0.15, 0.2) is 0 Å². The number of carbonyl (C=O) groups is 1. The molecule has 0 bridgehead atoms. The minimum absolute atomic E-state index is 0.0826. The van der Waals surface area contributed by atoms with E-state index >= 15 is 0 Å². The first-order valence-corrected chi connectivity index (χ1v) is 7.86. The molecule has 0 unspecified atom stereocenters. The van der Waals surface area contributed by atoms with Gasteiger partial charge in [0.25, 0.3) is 0 Å². The van der Waals surface area contributed by atoms with Crippen LogP contribution in [-0.2, 0) is 11.2 Å². The number of rotatable bonds is 4. The number of hydrogen-bond donors (Lipinski definition) is 0. The molecule has 0 aliphatic carbocycles. The average Bonchev–Trinajstić information content (AvgIpc) is 2.58. The van der Waals surface area contributed by atoms with Crippen LogP contribution in [-0.4, -0.2) is 13.1 Å². The van der Waals surface area contributed by atoms with E-state index in [0.717, 1.165) is 16.5 Å². The van der Waals surface area contributed by atoms with Crippen LogP contribution in [0.3, 0.4) is 0 Å². The SMILES string of the molecule is COc1ccccc1CC(=O)Oc1ccc2c(C)cc(=O)oc2c1C. The van der Waals surface area contributed by atoms with Gasteiger partial charge in [-0.2, -0.15) is 0 Å². The van der Waals surface area contributed by atoms with Crippen LogP contribution in [0.2, 0.25) is 0 Å². The van der Waals surface area contributed by atoms with Gasteiger partial charge in [0.2, 0.25) is 0 Å². The van der Waals surface area contributed by atoms with Crippen molar-refractivity contribution in [2.75, 3.05) is 7.11 Å². The molecule has 0 N–H and O–H groups in total. The van der Waals surface area contributed by atoms with E-state index in [1.807, 2.05) is 25.1 Å². The topological polar surface area (TPSA) is 65.7 Å². The molecule has 3 rings (SSSR count). The van der Waals surface area contributed by atoms with Crippen molar-refractivity contribution < 1.29 is 18.7 Å². The summed E-state index contributed by atoms with van der Waals surface area (Å²) in [5, 5.41) is 0.821. The van der Waals surface area contributed by atoms with E-state index in [2.05, 4.69) is 0 Å². The van der Waals surface area contributed by atoms with E-state index in [4.69, 9.17) is 13.9 Å². The van der Waals surface area contributed by atoms with Crippen molar-refractivity contribution in [2.24, 2.45) is 0 Å². The highest BCUT2D eigenvalue weighted by Gasteiger charge is 2.15. The molecule has 3 aromatic rings. The molecule has 0 aliphatic rings. The van der Waals surface area contributed by atoms with Crippen molar-refractivity contribution in [1.29, 1.82) is 0 Å². The van der Waals surface area contributed by atoms with Gasteiger partial charge in [0, 0.05) is 22.6 Å². The fraction of sp³-hybridized carbons (Fsp3) is 0.200. The van der Waals surface area contributed by atoms with Crippen molar-refractivity contribution >= 4 is 16.9 Å². The van der Waals surface area contributed by atoms with E-state index in [9.17, 15) is 9.59 Å². The summed E-state index contributed by atoms with van der Waals surface area (Å²) in [4.78, 5) is 23.9. The summed E-state index contributed by atoms with van der Waals surface area (Å²) in [6, 6.07) is 12.2. The third-order valence-electron chi connectivity index (χ3n) is 4.07. The number of benzene rings is 2. The van der Waals surface area contributed by atoms with Crippen molar-refractivity contribution in [1.82, 2.24) is 0 Å². The molecule has 0 amide bonds. The molecule has 2 aromatic carbocycles. The van der Waals surface area contributed by atoms with E-state index < -0.39 is 11.6 Å². The lowest BCUT2D eigenvalue weighted by molar-refractivity contribution is -0.133. The van der Waals surface area contributed by atoms with Gasteiger partial charge in [0.1, 0.15) is 17.1 Å². The van der Waals surface area contributed by atoms with E-state index in [-0.39, 0.29) is 6.42 Å². The lowest BCUT2D eigenvalue weighted by Crippen LogP contribution is -2.13. The molecular formula is C20H18O5. The number of fused-ring (bicyclic) bond motifs is 1. The number of para-hydroxylation sites is 1. The predicted molar refractivity (Wildman–Crippen MR) is 94.3 cm³/mol. The molecule has 5 nitrogen and oxygen atoms in total. The highest BCUT2D eigenvalue weighted by Crippen LogP contribution is 2.28. The maximum Gasteiger partial charge on any atom is 0.336 e. The van der Waals surface area contributed by atoms with Gasteiger partial charge < -0.3 is 13.9 Å². The molecule has 0 atom stereocenters. The molecule has 25 heavy (non-hydrogen) atoms. The minimum atomic E-state index is -0.425. The molecule has 0 saturated heterocycles. The van der Waals surface area contributed by atoms with Gasteiger partial charge in [-0.15, -0.1) is 0 Å². The minimum Gasteiger partial charge on any atom is -0.496 e. The molecule has 0 aliphatic heterocycles. The maximum absolute atomic E-state index is 12.3. The quantitative estimate of drug-likeness (QED) is 0.413. The predicted octanol–water partition coefficient (Wildman–Crippen LogP) is 3.57. The largest absolute Gasteiger partial charge is 0.496 e. The van der Waals surface area contributed by atoms with Crippen LogP contribution in [0, 0.1) is 13.8 Å². The Hall–Kier alpha value is -3.08. The van der Waals surface area contributed by atoms with Crippen molar-refractivity contribution in [2.45, 2.75) is 20.3 Å². The summed E-state index contributed by atoms with van der Waals surface area (Å²) < 4.78 is 16.0. The fourth-order valence-electron chi connectivity index (χ4n) is 2.77. The molecular weight excluding hydrogens is 320 g/mol. The Labute approximate surface area is 144 Å². The Morgan fingerprint density at radius 3 is 2.60 bits per heavy atom. The Balaban J connectivity index is 1.89. The summed E-state index contributed by atoms with van der Waals surface area (Å²) in [5.74, 6) is 0.597. The second-order valence-corrected chi connectivity index (χ2v) is 5.78. The summed E-state index contributed by atoms with van der Waals surface area (Å²) in [6.07, 6.45) is 0.0826. The number of methoxy groups -OCH3 is 1. The first-order chi connectivity index (χ1) is 12.0. The number of esters is 1. The summed E-state index contributed by atoms with van der Waals surface area (Å²) in [6.45, 7) is 3.60. The van der Waals surface area contributed by atoms with Gasteiger partial charge in [0.05, 0.1) is 13.5 Å². The maximum atomic E-state index is 12.3. The molecule has 1 aromatic heterocycles. The van der Waals surface area contributed by atoms with E-state index in [0.29, 0.717) is 22.6 Å². The average molecular weight is 338 g/mol. The lowest BCUT2D eigenvalue weighted by atomic mass is 10.1. The van der Waals surface area contributed by atoms with Crippen molar-refractivity contribution in [3.63, 3.8) is 0 Å². The van der Waals surface area contributed by atoms with Crippen LogP contribution < -0.4 is 15.1 Å². The monoisotopic (exact) mass is 338 g/mol. The highest BCUT2D eigenvalue weighted by atomic mass is 16.5. The van der Waals surface area contributed by atoms with Gasteiger partial charge in [-0.25, -0.2) is 4.79 Å².